The van der Waals surface area contributed by atoms with Crippen molar-refractivity contribution in [1.29, 1.82) is 0 Å². The molecular formula is C16H17IN2. The molecule has 2 aromatic rings. The highest BCUT2D eigenvalue weighted by molar-refractivity contribution is 14.1. The number of halogens is 1. The third-order valence-electron chi connectivity index (χ3n) is 3.08. The van der Waals surface area contributed by atoms with Crippen LogP contribution < -0.4 is 0 Å². The number of azo groups is 1. The summed E-state index contributed by atoms with van der Waals surface area (Å²) in [6, 6.07) is 14.4. The Morgan fingerprint density at radius 2 is 1.53 bits per heavy atom. The minimum atomic E-state index is 0.965. The first kappa shape index (κ1) is 14.2. The van der Waals surface area contributed by atoms with Crippen molar-refractivity contribution in [2.45, 2.75) is 26.7 Å². The second-order valence-corrected chi connectivity index (χ2v) is 5.45. The fourth-order valence-corrected chi connectivity index (χ4v) is 2.63. The molecule has 0 saturated carbocycles. The largest absolute Gasteiger partial charge is 0.150 e. The Labute approximate surface area is 128 Å². The molecule has 0 fully saturated rings. The standard InChI is InChI=1S/C16H17IN2/c1-3-12-8-5-6-11-15(12)18-19-16-13(4-2)9-7-10-14(16)17/h5-11H,3-4H2,1-2H3. The number of hydrogen-bond donors (Lipinski definition) is 0. The highest BCUT2D eigenvalue weighted by atomic mass is 127. The van der Waals surface area contributed by atoms with E-state index in [4.69, 9.17) is 0 Å². The summed E-state index contributed by atoms with van der Waals surface area (Å²) >= 11 is 2.32. The van der Waals surface area contributed by atoms with Crippen molar-refractivity contribution in [3.8, 4) is 0 Å². The number of benzene rings is 2. The Morgan fingerprint density at radius 3 is 2.26 bits per heavy atom. The molecule has 0 aliphatic carbocycles. The zero-order valence-corrected chi connectivity index (χ0v) is 13.4. The summed E-state index contributed by atoms with van der Waals surface area (Å²) in [6.45, 7) is 4.28. The zero-order valence-electron chi connectivity index (χ0n) is 11.2. The van der Waals surface area contributed by atoms with Crippen molar-refractivity contribution >= 4 is 34.0 Å². The third kappa shape index (κ3) is 3.41. The Bertz CT molecular complexity index is 591. The van der Waals surface area contributed by atoms with E-state index in [9.17, 15) is 0 Å². The maximum Gasteiger partial charge on any atom is 0.102 e. The number of aryl methyl sites for hydroxylation is 2. The lowest BCUT2D eigenvalue weighted by atomic mass is 10.1. The fraction of sp³-hybridized carbons (Fsp3) is 0.250. The molecule has 2 nitrogen and oxygen atoms in total. The van der Waals surface area contributed by atoms with Gasteiger partial charge < -0.3 is 0 Å². The first-order valence-corrected chi connectivity index (χ1v) is 7.61. The molecule has 0 aromatic heterocycles. The van der Waals surface area contributed by atoms with Crippen LogP contribution in [0.15, 0.2) is 52.7 Å². The van der Waals surface area contributed by atoms with Gasteiger partial charge in [0, 0.05) is 3.57 Å². The second-order valence-electron chi connectivity index (χ2n) is 4.28. The van der Waals surface area contributed by atoms with Gasteiger partial charge in [0.1, 0.15) is 5.69 Å². The number of rotatable bonds is 4. The Hall–Kier alpha value is -1.23. The number of nitrogens with zero attached hydrogens (tertiary/aromatic N) is 2. The molecule has 0 spiro atoms. The summed E-state index contributed by atoms with van der Waals surface area (Å²) in [4.78, 5) is 0. The van der Waals surface area contributed by atoms with Crippen LogP contribution in [0.1, 0.15) is 25.0 Å². The van der Waals surface area contributed by atoms with Gasteiger partial charge in [-0.25, -0.2) is 0 Å². The molecular weight excluding hydrogens is 347 g/mol. The maximum absolute atomic E-state index is 4.47. The molecule has 0 heterocycles. The molecule has 0 N–H and O–H groups in total. The molecule has 0 saturated heterocycles. The topological polar surface area (TPSA) is 24.7 Å². The summed E-state index contributed by atoms with van der Waals surface area (Å²) in [6.07, 6.45) is 1.95. The molecule has 0 radical (unpaired) electrons. The van der Waals surface area contributed by atoms with E-state index in [-0.39, 0.29) is 0 Å². The molecule has 98 valence electrons. The van der Waals surface area contributed by atoms with Crippen LogP contribution in [-0.2, 0) is 12.8 Å². The van der Waals surface area contributed by atoms with E-state index in [1.165, 1.54) is 11.1 Å². The van der Waals surface area contributed by atoms with Gasteiger partial charge in [-0.1, -0.05) is 44.2 Å². The minimum Gasteiger partial charge on any atom is -0.150 e. The summed E-state index contributed by atoms with van der Waals surface area (Å²) < 4.78 is 1.15. The quantitative estimate of drug-likeness (QED) is 0.482. The Morgan fingerprint density at radius 1 is 0.842 bits per heavy atom. The zero-order chi connectivity index (χ0) is 13.7. The van der Waals surface area contributed by atoms with Crippen LogP contribution in [0, 0.1) is 3.57 Å². The van der Waals surface area contributed by atoms with E-state index in [0.29, 0.717) is 0 Å². The first-order valence-electron chi connectivity index (χ1n) is 6.53. The molecule has 0 aliphatic rings. The molecule has 2 rings (SSSR count). The van der Waals surface area contributed by atoms with Crippen molar-refractivity contribution in [2.24, 2.45) is 10.2 Å². The van der Waals surface area contributed by atoms with E-state index in [2.05, 4.69) is 70.9 Å². The summed E-state index contributed by atoms with van der Waals surface area (Å²) in [5.74, 6) is 0. The SMILES string of the molecule is CCc1ccccc1N=Nc1c(I)cccc1CC. The maximum atomic E-state index is 4.47. The summed E-state index contributed by atoms with van der Waals surface area (Å²) in [7, 11) is 0. The van der Waals surface area contributed by atoms with Gasteiger partial charge in [0.05, 0.1) is 5.69 Å². The lowest BCUT2D eigenvalue weighted by Gasteiger charge is -2.05. The summed E-state index contributed by atoms with van der Waals surface area (Å²) in [5.41, 5.74) is 4.43. The van der Waals surface area contributed by atoms with Crippen LogP contribution in [0.3, 0.4) is 0 Å². The van der Waals surface area contributed by atoms with Gasteiger partial charge in [0.25, 0.3) is 0 Å². The normalized spacial score (nSPS) is 11.1. The minimum absolute atomic E-state index is 0.965. The van der Waals surface area contributed by atoms with E-state index in [0.717, 1.165) is 27.8 Å². The Kier molecular flexibility index (Phi) is 5.07. The van der Waals surface area contributed by atoms with Crippen LogP contribution in [-0.4, -0.2) is 0 Å². The average molecular weight is 364 g/mol. The molecule has 0 unspecified atom stereocenters. The smallest absolute Gasteiger partial charge is 0.102 e. The third-order valence-corrected chi connectivity index (χ3v) is 3.95. The predicted octanol–water partition coefficient (Wildman–Crippen LogP) is 5.83. The van der Waals surface area contributed by atoms with Crippen LogP contribution in [0.25, 0.3) is 0 Å². The Balaban J connectivity index is 2.38. The van der Waals surface area contributed by atoms with Crippen molar-refractivity contribution in [2.75, 3.05) is 0 Å². The van der Waals surface area contributed by atoms with Crippen molar-refractivity contribution in [3.63, 3.8) is 0 Å². The van der Waals surface area contributed by atoms with Gasteiger partial charge in [-0.05, 0) is 58.7 Å². The molecule has 0 aliphatic heterocycles. The molecule has 2 aromatic carbocycles. The van der Waals surface area contributed by atoms with Crippen LogP contribution in [0.2, 0.25) is 0 Å². The first-order chi connectivity index (χ1) is 9.26. The van der Waals surface area contributed by atoms with Crippen molar-refractivity contribution in [3.05, 3.63) is 57.2 Å². The average Bonchev–Trinajstić information content (AvgIpc) is 2.46. The second kappa shape index (κ2) is 6.80. The van der Waals surface area contributed by atoms with E-state index < -0.39 is 0 Å². The van der Waals surface area contributed by atoms with Gasteiger partial charge in [0.15, 0.2) is 0 Å². The van der Waals surface area contributed by atoms with Crippen LogP contribution in [0.4, 0.5) is 11.4 Å². The van der Waals surface area contributed by atoms with E-state index >= 15 is 0 Å². The lowest BCUT2D eigenvalue weighted by molar-refractivity contribution is 1.08. The van der Waals surface area contributed by atoms with E-state index in [1.807, 2.05) is 18.2 Å². The van der Waals surface area contributed by atoms with Gasteiger partial charge in [-0.3, -0.25) is 0 Å². The summed E-state index contributed by atoms with van der Waals surface area (Å²) in [5, 5.41) is 8.91. The predicted molar refractivity (Wildman–Crippen MR) is 88.5 cm³/mol. The van der Waals surface area contributed by atoms with Gasteiger partial charge in [-0.15, -0.1) is 5.11 Å². The monoisotopic (exact) mass is 364 g/mol. The number of hydrogen-bond acceptors (Lipinski definition) is 2. The van der Waals surface area contributed by atoms with Gasteiger partial charge in [-0.2, -0.15) is 5.11 Å². The molecule has 0 atom stereocenters. The van der Waals surface area contributed by atoms with Gasteiger partial charge in [0.2, 0.25) is 0 Å². The molecule has 0 amide bonds. The van der Waals surface area contributed by atoms with Gasteiger partial charge >= 0.3 is 0 Å². The van der Waals surface area contributed by atoms with Crippen LogP contribution in [0.5, 0.6) is 0 Å². The van der Waals surface area contributed by atoms with Crippen molar-refractivity contribution < 1.29 is 0 Å². The van der Waals surface area contributed by atoms with E-state index in [1.54, 1.807) is 0 Å². The lowest BCUT2D eigenvalue weighted by Crippen LogP contribution is -1.84. The van der Waals surface area contributed by atoms with Crippen molar-refractivity contribution in [1.82, 2.24) is 0 Å². The highest BCUT2D eigenvalue weighted by Crippen LogP contribution is 2.29. The molecule has 19 heavy (non-hydrogen) atoms. The molecule has 3 heteroatoms. The molecule has 0 bridgehead atoms. The fourth-order valence-electron chi connectivity index (χ4n) is 1.97. The highest BCUT2D eigenvalue weighted by Gasteiger charge is 2.04. The van der Waals surface area contributed by atoms with Crippen LogP contribution >= 0.6 is 22.6 Å².